The third kappa shape index (κ3) is 3.67. The van der Waals surface area contributed by atoms with Crippen LogP contribution in [0.5, 0.6) is 0 Å². The summed E-state index contributed by atoms with van der Waals surface area (Å²) in [5, 5.41) is 2.90. The lowest BCUT2D eigenvalue weighted by Gasteiger charge is -2.30. The molecule has 2 rings (SSSR count). The quantitative estimate of drug-likeness (QED) is 0.886. The third-order valence-electron chi connectivity index (χ3n) is 3.54. The van der Waals surface area contributed by atoms with Gasteiger partial charge in [-0.05, 0) is 24.1 Å². The van der Waals surface area contributed by atoms with E-state index >= 15 is 0 Å². The van der Waals surface area contributed by atoms with Crippen molar-refractivity contribution in [2.24, 2.45) is 5.73 Å². The molecule has 3 N–H and O–H groups in total. The lowest BCUT2D eigenvalue weighted by atomic mass is 9.91. The maximum atomic E-state index is 13.6. The Kier molecular flexibility index (Phi) is 4.70. The molecule has 0 aromatic heterocycles. The minimum Gasteiger partial charge on any atom is -0.345 e. The molecule has 0 saturated heterocycles. The summed E-state index contributed by atoms with van der Waals surface area (Å²) < 4.78 is 13.6. The number of carbonyl (C=O) groups is 1. The highest BCUT2D eigenvalue weighted by Crippen LogP contribution is 2.19. The number of carbonyl (C=O) groups excluding carboxylic acids is 1. The van der Waals surface area contributed by atoms with E-state index in [-0.39, 0.29) is 24.7 Å². The van der Waals surface area contributed by atoms with Gasteiger partial charge in [-0.25, -0.2) is 4.39 Å². The van der Waals surface area contributed by atoms with Crippen molar-refractivity contribution in [3.63, 3.8) is 0 Å². The van der Waals surface area contributed by atoms with Gasteiger partial charge in [0.05, 0.1) is 12.0 Å². The van der Waals surface area contributed by atoms with Gasteiger partial charge in [-0.3, -0.25) is 4.79 Å². The molecule has 0 heterocycles. The Morgan fingerprint density at radius 3 is 2.38 bits per heavy atom. The van der Waals surface area contributed by atoms with Gasteiger partial charge in [-0.2, -0.15) is 0 Å². The van der Waals surface area contributed by atoms with Crippen molar-refractivity contribution in [3.05, 3.63) is 71.5 Å². The van der Waals surface area contributed by atoms with Gasteiger partial charge in [-0.1, -0.05) is 48.5 Å². The molecular weight excluding hydrogens is 267 g/mol. The van der Waals surface area contributed by atoms with E-state index in [4.69, 9.17) is 5.73 Å². The first-order valence-corrected chi connectivity index (χ1v) is 6.85. The number of rotatable bonds is 5. The third-order valence-corrected chi connectivity index (χ3v) is 3.54. The van der Waals surface area contributed by atoms with E-state index in [0.717, 1.165) is 5.56 Å². The van der Waals surface area contributed by atoms with Crippen molar-refractivity contribution in [2.45, 2.75) is 18.9 Å². The second kappa shape index (κ2) is 6.50. The molecule has 3 nitrogen and oxygen atoms in total. The highest BCUT2D eigenvalue weighted by molar-refractivity contribution is 5.79. The van der Waals surface area contributed by atoms with E-state index in [1.54, 1.807) is 18.2 Å². The zero-order valence-corrected chi connectivity index (χ0v) is 12.0. The molecule has 0 bridgehead atoms. The van der Waals surface area contributed by atoms with E-state index in [2.05, 4.69) is 5.32 Å². The molecule has 1 unspecified atom stereocenters. The predicted octanol–water partition coefficient (Wildman–Crippen LogP) is 2.36. The summed E-state index contributed by atoms with van der Waals surface area (Å²) in [5.41, 5.74) is 6.46. The summed E-state index contributed by atoms with van der Waals surface area (Å²) in [6.45, 7) is 2.13. The Hall–Kier alpha value is -2.20. The van der Waals surface area contributed by atoms with Gasteiger partial charge in [0.1, 0.15) is 5.82 Å². The molecule has 1 amide bonds. The minimum absolute atomic E-state index is 0.00486. The average molecular weight is 286 g/mol. The van der Waals surface area contributed by atoms with E-state index in [0.29, 0.717) is 5.56 Å². The van der Waals surface area contributed by atoms with E-state index < -0.39 is 5.54 Å². The number of amides is 1. The molecule has 0 radical (unpaired) electrons. The van der Waals surface area contributed by atoms with Gasteiger partial charge in [0.25, 0.3) is 0 Å². The number of benzene rings is 2. The van der Waals surface area contributed by atoms with Crippen molar-refractivity contribution in [3.8, 4) is 0 Å². The predicted molar refractivity (Wildman–Crippen MR) is 81.1 cm³/mol. The van der Waals surface area contributed by atoms with E-state index in [1.165, 1.54) is 6.07 Å². The van der Waals surface area contributed by atoms with E-state index in [1.807, 2.05) is 37.3 Å². The average Bonchev–Trinajstić information content (AvgIpc) is 2.50. The molecule has 0 saturated carbocycles. The summed E-state index contributed by atoms with van der Waals surface area (Å²) in [6.07, 6.45) is -0.00486. The number of hydrogen-bond acceptors (Lipinski definition) is 2. The topological polar surface area (TPSA) is 55.1 Å². The maximum Gasteiger partial charge on any atom is 0.225 e. The molecule has 0 fully saturated rings. The van der Waals surface area contributed by atoms with Crippen molar-refractivity contribution in [1.29, 1.82) is 0 Å². The highest BCUT2D eigenvalue weighted by atomic mass is 19.1. The SMILES string of the molecule is CC(CN)(NC(=O)Cc1ccccc1F)c1ccccc1. The van der Waals surface area contributed by atoms with Crippen LogP contribution in [0.1, 0.15) is 18.1 Å². The number of hydrogen-bond donors (Lipinski definition) is 2. The fourth-order valence-corrected chi connectivity index (χ4v) is 2.21. The second-order valence-corrected chi connectivity index (χ2v) is 5.22. The Morgan fingerprint density at radius 1 is 1.14 bits per heavy atom. The molecule has 21 heavy (non-hydrogen) atoms. The van der Waals surface area contributed by atoms with Crippen LogP contribution in [0.3, 0.4) is 0 Å². The summed E-state index contributed by atoms with van der Waals surface area (Å²) >= 11 is 0. The Bertz CT molecular complexity index is 615. The number of nitrogens with two attached hydrogens (primary N) is 1. The smallest absolute Gasteiger partial charge is 0.225 e. The van der Waals surface area contributed by atoms with Crippen molar-refractivity contribution in [2.75, 3.05) is 6.54 Å². The van der Waals surface area contributed by atoms with Crippen LogP contribution in [-0.2, 0) is 16.8 Å². The van der Waals surface area contributed by atoms with Crippen LogP contribution in [0.15, 0.2) is 54.6 Å². The minimum atomic E-state index is -0.663. The summed E-state index contributed by atoms with van der Waals surface area (Å²) in [6, 6.07) is 15.8. The van der Waals surface area contributed by atoms with Gasteiger partial charge in [0, 0.05) is 6.54 Å². The van der Waals surface area contributed by atoms with Crippen molar-refractivity contribution < 1.29 is 9.18 Å². The molecule has 110 valence electrons. The van der Waals surface area contributed by atoms with Crippen LogP contribution in [0.25, 0.3) is 0 Å². The first-order valence-electron chi connectivity index (χ1n) is 6.85. The Morgan fingerprint density at radius 2 is 1.76 bits per heavy atom. The molecule has 0 aliphatic carbocycles. The zero-order valence-electron chi connectivity index (χ0n) is 12.0. The van der Waals surface area contributed by atoms with E-state index in [9.17, 15) is 9.18 Å². The first kappa shape index (κ1) is 15.2. The van der Waals surface area contributed by atoms with Gasteiger partial charge in [0.2, 0.25) is 5.91 Å². The van der Waals surface area contributed by atoms with Crippen LogP contribution < -0.4 is 11.1 Å². The summed E-state index contributed by atoms with van der Waals surface area (Å²) in [7, 11) is 0. The molecule has 0 aliphatic rings. The largest absolute Gasteiger partial charge is 0.345 e. The number of halogens is 1. The molecule has 0 spiro atoms. The molecule has 2 aromatic rings. The lowest BCUT2D eigenvalue weighted by Crippen LogP contribution is -2.49. The zero-order chi connectivity index (χ0) is 15.3. The maximum absolute atomic E-state index is 13.6. The standard InChI is InChI=1S/C17H19FN2O/c1-17(12-19,14-8-3-2-4-9-14)20-16(21)11-13-7-5-6-10-15(13)18/h2-10H,11-12,19H2,1H3,(H,20,21). The van der Waals surface area contributed by atoms with Gasteiger partial charge >= 0.3 is 0 Å². The monoisotopic (exact) mass is 286 g/mol. The molecule has 0 aliphatic heterocycles. The summed E-state index contributed by atoms with van der Waals surface area (Å²) in [5.74, 6) is -0.626. The molecule has 1 atom stereocenters. The van der Waals surface area contributed by atoms with Crippen LogP contribution in [0, 0.1) is 5.82 Å². The first-order chi connectivity index (χ1) is 10.0. The van der Waals surface area contributed by atoms with Crippen LogP contribution in [0.4, 0.5) is 4.39 Å². The lowest BCUT2D eigenvalue weighted by molar-refractivity contribution is -0.122. The van der Waals surface area contributed by atoms with Crippen molar-refractivity contribution >= 4 is 5.91 Å². The fraction of sp³-hybridized carbons (Fsp3) is 0.235. The second-order valence-electron chi connectivity index (χ2n) is 5.22. The van der Waals surface area contributed by atoms with Gasteiger partial charge in [-0.15, -0.1) is 0 Å². The van der Waals surface area contributed by atoms with Crippen LogP contribution in [-0.4, -0.2) is 12.5 Å². The van der Waals surface area contributed by atoms with Crippen LogP contribution >= 0.6 is 0 Å². The van der Waals surface area contributed by atoms with Gasteiger partial charge in [0.15, 0.2) is 0 Å². The summed E-state index contributed by atoms with van der Waals surface area (Å²) in [4.78, 5) is 12.2. The van der Waals surface area contributed by atoms with Gasteiger partial charge < -0.3 is 11.1 Å². The van der Waals surface area contributed by atoms with Crippen molar-refractivity contribution in [1.82, 2.24) is 5.32 Å². The Balaban J connectivity index is 2.12. The Labute approximate surface area is 124 Å². The van der Waals surface area contributed by atoms with Crippen LogP contribution in [0.2, 0.25) is 0 Å². The number of nitrogens with one attached hydrogen (secondary N) is 1. The molecule has 2 aromatic carbocycles. The molecule has 4 heteroatoms. The highest BCUT2D eigenvalue weighted by Gasteiger charge is 2.26. The normalized spacial score (nSPS) is 13.5. The fourth-order valence-electron chi connectivity index (χ4n) is 2.21. The molecular formula is C17H19FN2O.